The molecule has 2 aromatic carbocycles. The first-order chi connectivity index (χ1) is 14.2. The van der Waals surface area contributed by atoms with E-state index in [-0.39, 0.29) is 13.4 Å². The molecule has 0 saturated carbocycles. The van der Waals surface area contributed by atoms with Crippen molar-refractivity contribution in [3.8, 4) is 5.75 Å². The molecule has 0 unspecified atom stereocenters. The van der Waals surface area contributed by atoms with Crippen LogP contribution < -0.4 is 4.74 Å². The number of benzene rings is 2. The Bertz CT molecular complexity index is 1030. The van der Waals surface area contributed by atoms with Crippen molar-refractivity contribution in [1.82, 2.24) is 15.0 Å². The van der Waals surface area contributed by atoms with E-state index >= 15 is 0 Å². The van der Waals surface area contributed by atoms with Crippen LogP contribution in [0.1, 0.15) is 22.4 Å². The van der Waals surface area contributed by atoms with Gasteiger partial charge in [-0.25, -0.2) is 9.48 Å². The summed E-state index contributed by atoms with van der Waals surface area (Å²) in [7, 11) is 0. The van der Waals surface area contributed by atoms with Crippen LogP contribution in [0.3, 0.4) is 0 Å². The largest absolute Gasteiger partial charge is 0.467 e. The van der Waals surface area contributed by atoms with Crippen LogP contribution in [0, 0.1) is 0 Å². The molecule has 0 N–H and O–H groups in total. The zero-order chi connectivity index (χ0) is 20.1. The van der Waals surface area contributed by atoms with Crippen LogP contribution in [-0.2, 0) is 34.0 Å². The smallest absolute Gasteiger partial charge is 0.331 e. The molecule has 0 saturated heterocycles. The zero-order valence-electron chi connectivity index (χ0n) is 15.5. The topological polar surface area (TPSA) is 75.5 Å². The number of esters is 1. The second-order valence-corrected chi connectivity index (χ2v) is 6.87. The Morgan fingerprint density at radius 1 is 1.28 bits per heavy atom. The van der Waals surface area contributed by atoms with Crippen molar-refractivity contribution in [2.45, 2.75) is 19.8 Å². The molecule has 148 valence electrons. The van der Waals surface area contributed by atoms with Gasteiger partial charge in [-0.1, -0.05) is 47.1 Å². The third-order valence-corrected chi connectivity index (χ3v) is 4.47. The Balaban J connectivity index is 1.35. The summed E-state index contributed by atoms with van der Waals surface area (Å²) in [6.07, 6.45) is 4.64. The molecular formula is C21H18ClN3O4. The minimum Gasteiger partial charge on any atom is -0.467 e. The summed E-state index contributed by atoms with van der Waals surface area (Å²) < 4.78 is 17.8. The first-order valence-electron chi connectivity index (χ1n) is 8.98. The van der Waals surface area contributed by atoms with Crippen LogP contribution in [0.2, 0.25) is 5.02 Å². The number of hydrogen-bond donors (Lipinski definition) is 0. The van der Waals surface area contributed by atoms with Crippen LogP contribution in [0.5, 0.6) is 5.75 Å². The highest BCUT2D eigenvalue weighted by molar-refractivity contribution is 6.30. The minimum absolute atomic E-state index is 0.0484. The molecule has 0 radical (unpaired) electrons. The first kappa shape index (κ1) is 19.2. The number of ether oxygens (including phenoxy) is 3. The van der Waals surface area contributed by atoms with Gasteiger partial charge in [0.25, 0.3) is 0 Å². The van der Waals surface area contributed by atoms with Gasteiger partial charge in [0.1, 0.15) is 18.1 Å². The van der Waals surface area contributed by atoms with Gasteiger partial charge >= 0.3 is 5.97 Å². The van der Waals surface area contributed by atoms with E-state index in [1.807, 2.05) is 30.3 Å². The molecule has 4 rings (SSSR count). The van der Waals surface area contributed by atoms with Gasteiger partial charge in [0.15, 0.2) is 6.79 Å². The van der Waals surface area contributed by atoms with Crippen molar-refractivity contribution in [3.63, 3.8) is 0 Å². The van der Waals surface area contributed by atoms with E-state index in [1.54, 1.807) is 29.1 Å². The van der Waals surface area contributed by atoms with Crippen molar-refractivity contribution in [3.05, 3.63) is 82.1 Å². The highest BCUT2D eigenvalue weighted by Gasteiger charge is 2.17. The summed E-state index contributed by atoms with van der Waals surface area (Å²) >= 11 is 6.12. The number of halogens is 1. The number of carbonyl (C=O) groups excluding carboxylic acids is 1. The number of fused-ring (bicyclic) bond motifs is 1. The monoisotopic (exact) mass is 411 g/mol. The van der Waals surface area contributed by atoms with E-state index in [2.05, 4.69) is 10.3 Å². The molecule has 3 aromatic rings. The van der Waals surface area contributed by atoms with Crippen molar-refractivity contribution >= 4 is 23.6 Å². The van der Waals surface area contributed by atoms with Gasteiger partial charge < -0.3 is 14.2 Å². The Hall–Kier alpha value is -3.16. The Kier molecular flexibility index (Phi) is 5.88. The van der Waals surface area contributed by atoms with Gasteiger partial charge in [0.05, 0.1) is 19.3 Å². The average molecular weight is 412 g/mol. The molecule has 1 aliphatic heterocycles. The second kappa shape index (κ2) is 8.89. The van der Waals surface area contributed by atoms with Crippen LogP contribution in [-0.4, -0.2) is 27.8 Å². The van der Waals surface area contributed by atoms with Crippen LogP contribution >= 0.6 is 11.6 Å². The second-order valence-electron chi connectivity index (χ2n) is 6.43. The van der Waals surface area contributed by atoms with E-state index in [0.717, 1.165) is 11.1 Å². The molecule has 29 heavy (non-hydrogen) atoms. The molecule has 1 aliphatic rings. The first-order valence-corrected chi connectivity index (χ1v) is 9.36. The lowest BCUT2D eigenvalue weighted by Crippen LogP contribution is -2.14. The zero-order valence-corrected chi connectivity index (χ0v) is 16.2. The number of hydrogen-bond acceptors (Lipinski definition) is 6. The minimum atomic E-state index is -0.497. The predicted molar refractivity (Wildman–Crippen MR) is 106 cm³/mol. The van der Waals surface area contributed by atoms with Crippen molar-refractivity contribution in [2.24, 2.45) is 0 Å². The lowest BCUT2D eigenvalue weighted by atomic mass is 10.1. The highest BCUT2D eigenvalue weighted by atomic mass is 35.5. The summed E-state index contributed by atoms with van der Waals surface area (Å²) in [6.45, 7) is 1.23. The van der Waals surface area contributed by atoms with Crippen LogP contribution in [0.15, 0.2) is 54.7 Å². The molecule has 2 heterocycles. The maximum Gasteiger partial charge on any atom is 0.331 e. The quantitative estimate of drug-likeness (QED) is 0.455. The average Bonchev–Trinajstić information content (AvgIpc) is 3.18. The van der Waals surface area contributed by atoms with Crippen molar-refractivity contribution in [1.29, 1.82) is 0 Å². The van der Waals surface area contributed by atoms with E-state index < -0.39 is 5.97 Å². The fourth-order valence-corrected chi connectivity index (χ4v) is 3.22. The lowest BCUT2D eigenvalue weighted by molar-refractivity contribution is -0.139. The highest BCUT2D eigenvalue weighted by Crippen LogP contribution is 2.32. The standard InChI is InChI=1S/C21H18ClN3O4/c22-18-8-16-12-27-14-29-21(16)17(9-18)13-28-20(26)7-6-19-11-25(24-23-19)10-15-4-2-1-3-5-15/h1-9,11H,10,12-14H2/b7-6+. The number of nitrogens with zero attached hydrogens (tertiary/aromatic N) is 3. The van der Waals surface area contributed by atoms with E-state index in [9.17, 15) is 4.79 Å². The van der Waals surface area contributed by atoms with E-state index in [4.69, 9.17) is 25.8 Å². The van der Waals surface area contributed by atoms with Gasteiger partial charge in [-0.15, -0.1) is 5.10 Å². The predicted octanol–water partition coefficient (Wildman–Crippen LogP) is 3.60. The normalized spacial score (nSPS) is 13.1. The maximum absolute atomic E-state index is 12.1. The molecule has 7 nitrogen and oxygen atoms in total. The van der Waals surface area contributed by atoms with Gasteiger partial charge in [0.2, 0.25) is 0 Å². The fourth-order valence-electron chi connectivity index (χ4n) is 2.95. The maximum atomic E-state index is 12.1. The molecular weight excluding hydrogens is 394 g/mol. The third-order valence-electron chi connectivity index (χ3n) is 4.26. The van der Waals surface area contributed by atoms with Gasteiger partial charge in [0, 0.05) is 22.2 Å². The molecule has 8 heteroatoms. The summed E-state index contributed by atoms with van der Waals surface area (Å²) in [5.41, 5.74) is 3.22. The molecule has 0 aliphatic carbocycles. The molecule has 0 fully saturated rings. The van der Waals surface area contributed by atoms with Crippen LogP contribution in [0.25, 0.3) is 6.08 Å². The van der Waals surface area contributed by atoms with E-state index in [0.29, 0.717) is 35.2 Å². The van der Waals surface area contributed by atoms with Gasteiger partial charge in [-0.2, -0.15) is 0 Å². The van der Waals surface area contributed by atoms with Gasteiger partial charge in [-0.05, 0) is 23.8 Å². The summed E-state index contributed by atoms with van der Waals surface area (Å²) in [6, 6.07) is 13.4. The molecule has 0 atom stereocenters. The van der Waals surface area contributed by atoms with Crippen molar-refractivity contribution < 1.29 is 19.0 Å². The number of aromatic nitrogens is 3. The van der Waals surface area contributed by atoms with E-state index in [1.165, 1.54) is 6.08 Å². The summed E-state index contributed by atoms with van der Waals surface area (Å²) in [5.74, 6) is 0.157. The molecule has 0 bridgehead atoms. The summed E-state index contributed by atoms with van der Waals surface area (Å²) in [5, 5.41) is 8.64. The lowest BCUT2D eigenvalue weighted by Gasteiger charge is -2.20. The number of rotatable bonds is 6. The SMILES string of the molecule is O=C(/C=C/c1cn(Cc2ccccc2)nn1)OCc1cc(Cl)cc2c1OCOC2. The number of carbonyl (C=O) groups is 1. The molecule has 1 aromatic heterocycles. The summed E-state index contributed by atoms with van der Waals surface area (Å²) in [4.78, 5) is 12.1. The van der Waals surface area contributed by atoms with Gasteiger partial charge in [-0.3, -0.25) is 0 Å². The molecule has 0 spiro atoms. The Morgan fingerprint density at radius 3 is 3.00 bits per heavy atom. The molecule has 0 amide bonds. The van der Waals surface area contributed by atoms with Crippen LogP contribution in [0.4, 0.5) is 0 Å². The fraction of sp³-hybridized carbons (Fsp3) is 0.190. The third kappa shape index (κ3) is 5.01. The Morgan fingerprint density at radius 2 is 2.14 bits per heavy atom. The Labute approximate surface area is 172 Å². The van der Waals surface area contributed by atoms with Crippen molar-refractivity contribution in [2.75, 3.05) is 6.79 Å².